The molecule has 2 aromatic carbocycles. The molecule has 5 heteroatoms. The molecule has 160 valence electrons. The lowest BCUT2D eigenvalue weighted by molar-refractivity contribution is 0.0971. The molecule has 0 spiro atoms. The van der Waals surface area contributed by atoms with Crippen molar-refractivity contribution in [1.82, 2.24) is 9.97 Å². The van der Waals surface area contributed by atoms with Gasteiger partial charge in [-0.3, -0.25) is 4.79 Å². The lowest BCUT2D eigenvalue weighted by Crippen LogP contribution is -2.65. The first kappa shape index (κ1) is 21.6. The Labute approximate surface area is 185 Å². The zero-order valence-electron chi connectivity index (χ0n) is 18.3. The van der Waals surface area contributed by atoms with Crippen LogP contribution in [0.4, 0.5) is 0 Å². The number of carbonyl (C=O) groups is 1. The second-order valence-electron chi connectivity index (χ2n) is 9.10. The van der Waals surface area contributed by atoms with Gasteiger partial charge in [0, 0.05) is 19.0 Å². The summed E-state index contributed by atoms with van der Waals surface area (Å²) >= 11 is 0. The van der Waals surface area contributed by atoms with Crippen LogP contribution in [0.25, 0.3) is 0 Å². The third-order valence-electron chi connectivity index (χ3n) is 6.60. The van der Waals surface area contributed by atoms with Crippen LogP contribution in [0.3, 0.4) is 0 Å². The lowest BCUT2D eigenvalue weighted by Gasteiger charge is -2.41. The third kappa shape index (κ3) is 4.25. The molecule has 1 aromatic heterocycles. The van der Waals surface area contributed by atoms with E-state index < -0.39 is 8.32 Å². The summed E-state index contributed by atoms with van der Waals surface area (Å²) in [5, 5.41) is 1.80. The average molecular weight is 431 g/mol. The van der Waals surface area contributed by atoms with E-state index in [1.54, 1.807) is 6.20 Å². The second kappa shape index (κ2) is 8.85. The van der Waals surface area contributed by atoms with E-state index in [2.05, 4.69) is 48.1 Å². The van der Waals surface area contributed by atoms with Crippen LogP contribution in [0.2, 0.25) is 5.04 Å². The van der Waals surface area contributed by atoms with Crippen molar-refractivity contribution in [3.8, 4) is 0 Å². The third-order valence-corrected chi connectivity index (χ3v) is 11.1. The van der Waals surface area contributed by atoms with Crippen molar-refractivity contribution in [2.45, 2.75) is 57.4 Å². The average Bonchev–Trinajstić information content (AvgIpc) is 2.79. The summed E-state index contributed by atoms with van der Waals surface area (Å²) < 4.78 is 0. The van der Waals surface area contributed by atoms with Gasteiger partial charge in [-0.1, -0.05) is 74.5 Å². The summed E-state index contributed by atoms with van der Waals surface area (Å²) in [5.74, 6) is 0.963. The number of rotatable bonds is 7. The van der Waals surface area contributed by atoms with Crippen molar-refractivity contribution in [2.24, 2.45) is 0 Å². The first-order chi connectivity index (χ1) is 14.9. The molecule has 0 radical (unpaired) electrons. The highest BCUT2D eigenvalue weighted by atomic mass is 28.4. The Kier molecular flexibility index (Phi) is 6.16. The van der Waals surface area contributed by atoms with Crippen molar-refractivity contribution >= 4 is 24.5 Å². The first-order valence-electron chi connectivity index (χ1n) is 11.1. The van der Waals surface area contributed by atoms with Crippen LogP contribution in [0, 0.1) is 0 Å². The molecule has 0 fully saturated rings. The van der Waals surface area contributed by atoms with E-state index >= 15 is 0 Å². The Bertz CT molecular complexity index is 1010. The van der Waals surface area contributed by atoms with Gasteiger partial charge >= 0.3 is 0 Å². The zero-order chi connectivity index (χ0) is 21.9. The van der Waals surface area contributed by atoms with Gasteiger partial charge in [-0.15, -0.1) is 0 Å². The zero-order valence-corrected chi connectivity index (χ0v) is 19.3. The molecule has 1 N–H and O–H groups in total. The van der Waals surface area contributed by atoms with Crippen LogP contribution in [-0.4, -0.2) is 28.9 Å². The van der Waals surface area contributed by atoms with Crippen LogP contribution < -0.4 is 10.4 Å². The summed E-state index contributed by atoms with van der Waals surface area (Å²) in [5.41, 5.74) is 1.60. The van der Waals surface area contributed by atoms with Gasteiger partial charge in [0.15, 0.2) is 5.78 Å². The van der Waals surface area contributed by atoms with E-state index in [0.717, 1.165) is 54.0 Å². The minimum atomic E-state index is -2.99. The van der Waals surface area contributed by atoms with E-state index in [4.69, 9.17) is 0 Å². The molecule has 4 nitrogen and oxygen atoms in total. The maximum Gasteiger partial charge on any atom is 0.258 e. The van der Waals surface area contributed by atoms with Crippen molar-refractivity contribution in [3.05, 3.63) is 83.9 Å². The highest BCUT2D eigenvalue weighted by molar-refractivity contribution is 6.98. The number of benzene rings is 2. The number of Topliss-reactive ketones (excluding diaryl/α,β-unsaturated/α-hetero) is 1. The number of hydrogen-bond donors (Lipinski definition) is 1. The molecular formula is C26H30N2O2Si. The quantitative estimate of drug-likeness (QED) is 0.578. The van der Waals surface area contributed by atoms with E-state index in [0.29, 0.717) is 12.0 Å². The first-order valence-corrected chi connectivity index (χ1v) is 13.1. The minimum Gasteiger partial charge on any atom is -0.424 e. The van der Waals surface area contributed by atoms with Crippen LogP contribution in [0.15, 0.2) is 66.9 Å². The Morgan fingerprint density at radius 1 is 0.968 bits per heavy atom. The maximum atomic E-state index is 12.2. The lowest BCUT2D eigenvalue weighted by atomic mass is 9.96. The van der Waals surface area contributed by atoms with E-state index in [9.17, 15) is 9.59 Å². The summed E-state index contributed by atoms with van der Waals surface area (Å²) in [6.45, 7) is 4.37. The number of ketones is 1. The normalized spacial score (nSPS) is 14.4. The number of nitrogens with zero attached hydrogens (tertiary/aromatic N) is 2. The van der Waals surface area contributed by atoms with Crippen LogP contribution in [-0.2, 0) is 12.8 Å². The smallest absolute Gasteiger partial charge is 0.258 e. The number of hydrogen-bond acceptors (Lipinski definition) is 4. The number of fused-ring (bicyclic) bond motifs is 1. The molecule has 0 amide bonds. The molecule has 4 rings (SSSR count). The molecular weight excluding hydrogens is 400 g/mol. The fourth-order valence-corrected chi connectivity index (χ4v) is 8.51. The van der Waals surface area contributed by atoms with Crippen LogP contribution in [0.1, 0.15) is 61.4 Å². The van der Waals surface area contributed by atoms with E-state index in [1.165, 1.54) is 0 Å². The molecule has 0 unspecified atom stereocenters. The summed E-state index contributed by atoms with van der Waals surface area (Å²) in [4.78, 5) is 33.4. The Hall–Kier alpha value is -2.63. The largest absolute Gasteiger partial charge is 0.424 e. The highest BCUT2D eigenvalue weighted by Gasteiger charge is 2.49. The van der Waals surface area contributed by atoms with Crippen molar-refractivity contribution in [3.63, 3.8) is 0 Å². The topological polar surface area (TPSA) is 63.1 Å². The molecule has 0 saturated heterocycles. The van der Waals surface area contributed by atoms with Gasteiger partial charge in [0.05, 0.1) is 11.3 Å². The monoisotopic (exact) mass is 430 g/mol. The Balaban J connectivity index is 1.54. The fourth-order valence-electron chi connectivity index (χ4n) is 4.73. The number of carbonyl (C=O) groups excluding carboxylic acids is 1. The van der Waals surface area contributed by atoms with Crippen LogP contribution in [0.5, 0.6) is 0 Å². The Morgan fingerprint density at radius 3 is 2.19 bits per heavy atom. The molecule has 0 aliphatic heterocycles. The van der Waals surface area contributed by atoms with Gasteiger partial charge in [-0.25, -0.2) is 9.97 Å². The number of aromatic nitrogens is 2. The van der Waals surface area contributed by atoms with Crippen molar-refractivity contribution in [2.75, 3.05) is 0 Å². The van der Waals surface area contributed by atoms with Gasteiger partial charge in [0.2, 0.25) is 0 Å². The molecule has 0 bridgehead atoms. The SMILES string of the molecule is CC(C)(CCCc1ncc2c(n1)CCCC2=O)[Si](O)(c1ccccc1)c1ccccc1. The molecule has 1 aliphatic rings. The number of aryl methyl sites for hydroxylation is 2. The molecule has 0 saturated carbocycles. The fraction of sp³-hybridized carbons (Fsp3) is 0.346. The molecule has 3 aromatic rings. The van der Waals surface area contributed by atoms with Gasteiger partial charge in [0.25, 0.3) is 8.32 Å². The van der Waals surface area contributed by atoms with E-state index in [1.807, 2.05) is 36.4 Å². The summed E-state index contributed by atoms with van der Waals surface area (Å²) in [6, 6.07) is 20.3. The molecule has 1 heterocycles. The summed E-state index contributed by atoms with van der Waals surface area (Å²) in [7, 11) is -2.99. The van der Waals surface area contributed by atoms with Crippen molar-refractivity contribution < 1.29 is 9.59 Å². The van der Waals surface area contributed by atoms with Gasteiger partial charge in [-0.05, 0) is 41.1 Å². The van der Waals surface area contributed by atoms with E-state index in [-0.39, 0.29) is 10.8 Å². The standard InChI is InChI=1S/C26H30N2O2Si/c1-26(2,18-10-17-25-27-19-22-23(28-25)15-9-16-24(22)29)31(30,20-11-5-3-6-12-20)21-13-7-4-8-14-21/h3-8,11-14,19,30H,9-10,15-18H2,1-2H3. The minimum absolute atomic E-state index is 0.163. The second-order valence-corrected chi connectivity index (χ2v) is 13.0. The Morgan fingerprint density at radius 2 is 1.58 bits per heavy atom. The van der Waals surface area contributed by atoms with Gasteiger partial charge in [-0.2, -0.15) is 0 Å². The predicted octanol–water partition coefficient (Wildman–Crippen LogP) is 3.85. The maximum absolute atomic E-state index is 12.2. The predicted molar refractivity (Wildman–Crippen MR) is 126 cm³/mol. The van der Waals surface area contributed by atoms with Gasteiger partial charge in [0.1, 0.15) is 5.82 Å². The molecule has 1 aliphatic carbocycles. The molecule has 0 atom stereocenters. The molecule has 31 heavy (non-hydrogen) atoms. The van der Waals surface area contributed by atoms with Crippen molar-refractivity contribution in [1.29, 1.82) is 0 Å². The van der Waals surface area contributed by atoms with Crippen LogP contribution >= 0.6 is 0 Å². The summed E-state index contributed by atoms with van der Waals surface area (Å²) in [6.07, 6.45) is 6.54. The van der Waals surface area contributed by atoms with Gasteiger partial charge < -0.3 is 4.80 Å². The highest BCUT2D eigenvalue weighted by Crippen LogP contribution is 2.40.